The third-order valence-electron chi connectivity index (χ3n) is 5.29. The quantitative estimate of drug-likeness (QED) is 0.345. The molecule has 0 bridgehead atoms. The van der Waals surface area contributed by atoms with Gasteiger partial charge in [0.25, 0.3) is 11.7 Å². The lowest BCUT2D eigenvalue weighted by Gasteiger charge is -2.25. The van der Waals surface area contributed by atoms with Gasteiger partial charge in [0.2, 0.25) is 0 Å². The second kappa shape index (κ2) is 9.12. The lowest BCUT2D eigenvalue weighted by atomic mass is 9.95. The number of rotatable bonds is 6. The average molecular weight is 448 g/mol. The first-order valence-corrected chi connectivity index (χ1v) is 10.2. The van der Waals surface area contributed by atoms with Gasteiger partial charge in [0.15, 0.2) is 0 Å². The second-order valence-electron chi connectivity index (χ2n) is 7.22. The van der Waals surface area contributed by atoms with Crippen LogP contribution in [0.2, 0.25) is 0 Å². The minimum Gasteiger partial charge on any atom is -0.507 e. The Morgan fingerprint density at radius 2 is 1.88 bits per heavy atom. The number of methoxy groups -OCH3 is 1. The van der Waals surface area contributed by atoms with E-state index in [0.717, 1.165) is 6.07 Å². The summed E-state index contributed by atoms with van der Waals surface area (Å²) in [4.78, 5) is 31.7. The van der Waals surface area contributed by atoms with Crippen LogP contribution in [0.5, 0.6) is 11.5 Å². The molecule has 2 aromatic carbocycles. The van der Waals surface area contributed by atoms with Gasteiger partial charge < -0.3 is 14.6 Å². The normalized spacial score (nSPS) is 17.3. The number of ether oxygens (including phenoxy) is 2. The van der Waals surface area contributed by atoms with Gasteiger partial charge in [-0.25, -0.2) is 4.39 Å². The van der Waals surface area contributed by atoms with Gasteiger partial charge in [-0.1, -0.05) is 6.07 Å². The summed E-state index contributed by atoms with van der Waals surface area (Å²) >= 11 is 0. The van der Waals surface area contributed by atoms with Crippen LogP contribution in [0, 0.1) is 5.82 Å². The van der Waals surface area contributed by atoms with Crippen molar-refractivity contribution in [2.45, 2.75) is 13.0 Å². The Balaban J connectivity index is 1.95. The van der Waals surface area contributed by atoms with E-state index in [2.05, 4.69) is 4.98 Å². The fourth-order valence-corrected chi connectivity index (χ4v) is 3.86. The molecule has 7 nitrogen and oxygen atoms in total. The van der Waals surface area contributed by atoms with Crippen LogP contribution in [-0.4, -0.2) is 35.5 Å². The number of ketones is 1. The molecule has 8 heteroatoms. The van der Waals surface area contributed by atoms with E-state index in [1.54, 1.807) is 36.4 Å². The molecule has 1 fully saturated rings. The highest BCUT2D eigenvalue weighted by Gasteiger charge is 2.47. The number of aliphatic hydroxyl groups excluding tert-OH is 1. The lowest BCUT2D eigenvalue weighted by molar-refractivity contribution is -0.132. The number of hydrogen-bond donors (Lipinski definition) is 1. The van der Waals surface area contributed by atoms with Crippen LogP contribution < -0.4 is 14.4 Å². The number of pyridine rings is 1. The number of carbonyl (C=O) groups excluding carboxylic acids is 2. The number of aliphatic hydroxyl groups is 1. The Bertz CT molecular complexity index is 1240. The van der Waals surface area contributed by atoms with Crippen LogP contribution in [0.25, 0.3) is 5.76 Å². The van der Waals surface area contributed by atoms with Crippen molar-refractivity contribution in [3.8, 4) is 11.5 Å². The van der Waals surface area contributed by atoms with Crippen LogP contribution in [0.4, 0.5) is 10.1 Å². The van der Waals surface area contributed by atoms with Gasteiger partial charge in [0.05, 0.1) is 30.9 Å². The molecular weight excluding hydrogens is 427 g/mol. The molecule has 1 saturated heterocycles. The maximum Gasteiger partial charge on any atom is 0.300 e. The van der Waals surface area contributed by atoms with Gasteiger partial charge in [-0.15, -0.1) is 0 Å². The molecule has 0 spiro atoms. The Morgan fingerprint density at radius 3 is 2.58 bits per heavy atom. The van der Waals surface area contributed by atoms with Crippen LogP contribution in [0.1, 0.15) is 24.1 Å². The monoisotopic (exact) mass is 448 g/mol. The third kappa shape index (κ3) is 4.03. The molecule has 1 N–H and O–H groups in total. The molecule has 1 aliphatic rings. The molecule has 1 aliphatic heterocycles. The highest BCUT2D eigenvalue weighted by molar-refractivity contribution is 6.51. The van der Waals surface area contributed by atoms with E-state index in [4.69, 9.17) is 9.47 Å². The molecule has 1 atom stereocenters. The van der Waals surface area contributed by atoms with E-state index in [1.807, 2.05) is 6.92 Å². The zero-order valence-electron chi connectivity index (χ0n) is 18.0. The van der Waals surface area contributed by atoms with Crippen LogP contribution in [0.3, 0.4) is 0 Å². The Kier molecular flexibility index (Phi) is 6.08. The van der Waals surface area contributed by atoms with E-state index < -0.39 is 29.3 Å². The number of hydrogen-bond acceptors (Lipinski definition) is 6. The average Bonchev–Trinajstić information content (AvgIpc) is 3.10. The summed E-state index contributed by atoms with van der Waals surface area (Å²) in [7, 11) is 1.36. The number of anilines is 1. The van der Waals surface area contributed by atoms with Crippen molar-refractivity contribution < 1.29 is 28.6 Å². The Morgan fingerprint density at radius 1 is 1.12 bits per heavy atom. The third-order valence-corrected chi connectivity index (χ3v) is 5.29. The minimum atomic E-state index is -0.974. The molecule has 1 aromatic heterocycles. The van der Waals surface area contributed by atoms with Gasteiger partial charge in [-0.2, -0.15) is 0 Å². The van der Waals surface area contributed by atoms with Gasteiger partial charge in [-0.3, -0.25) is 19.5 Å². The first-order chi connectivity index (χ1) is 16.0. The number of benzene rings is 2. The largest absolute Gasteiger partial charge is 0.507 e. The van der Waals surface area contributed by atoms with E-state index in [9.17, 15) is 19.1 Å². The zero-order chi connectivity index (χ0) is 23.5. The smallest absolute Gasteiger partial charge is 0.300 e. The number of halogens is 1. The van der Waals surface area contributed by atoms with Crippen molar-refractivity contribution in [3.05, 3.63) is 89.5 Å². The topological polar surface area (TPSA) is 89.0 Å². The molecule has 0 aliphatic carbocycles. The lowest BCUT2D eigenvalue weighted by Crippen LogP contribution is -2.29. The molecule has 33 heavy (non-hydrogen) atoms. The van der Waals surface area contributed by atoms with Crippen LogP contribution in [-0.2, 0) is 9.59 Å². The summed E-state index contributed by atoms with van der Waals surface area (Å²) in [6, 6.07) is 12.6. The molecule has 168 valence electrons. The van der Waals surface area contributed by atoms with Crippen LogP contribution in [0.15, 0.2) is 72.6 Å². The summed E-state index contributed by atoms with van der Waals surface area (Å²) in [6.07, 6.45) is 3.05. The molecule has 1 amide bonds. The standard InChI is InChI=1S/C25H21FN2O5/c1-3-33-18-6-4-5-17(14-18)28-22(15-9-11-27-12-10-15)21(24(30)25(28)31)23(29)19-13-16(26)7-8-20(19)32-2/h4-14,22,29H,3H2,1-2H3/b23-21+. The maximum absolute atomic E-state index is 14.0. The number of carbonyl (C=O) groups is 2. The van der Waals surface area contributed by atoms with Crippen molar-refractivity contribution in [2.75, 3.05) is 18.6 Å². The number of amides is 1. The van der Waals surface area contributed by atoms with E-state index >= 15 is 0 Å². The number of aromatic nitrogens is 1. The summed E-state index contributed by atoms with van der Waals surface area (Å²) < 4.78 is 24.8. The first kappa shape index (κ1) is 22.0. The van der Waals surface area contributed by atoms with Gasteiger partial charge in [-0.05, 0) is 55.0 Å². The molecule has 1 unspecified atom stereocenters. The van der Waals surface area contributed by atoms with Crippen molar-refractivity contribution in [2.24, 2.45) is 0 Å². The summed E-state index contributed by atoms with van der Waals surface area (Å²) in [5.41, 5.74) is 0.743. The molecule has 2 heterocycles. The molecule has 4 rings (SSSR count). The van der Waals surface area contributed by atoms with Crippen LogP contribution >= 0.6 is 0 Å². The zero-order valence-corrected chi connectivity index (χ0v) is 18.0. The van der Waals surface area contributed by atoms with E-state index in [1.165, 1.54) is 36.5 Å². The predicted octanol–water partition coefficient (Wildman–Crippen LogP) is 4.25. The van der Waals surface area contributed by atoms with E-state index in [-0.39, 0.29) is 16.9 Å². The molecule has 0 saturated carbocycles. The molecule has 0 radical (unpaired) electrons. The number of Topliss-reactive ketones (excluding diaryl/α,β-unsaturated/α-hetero) is 1. The van der Waals surface area contributed by atoms with Gasteiger partial charge >= 0.3 is 0 Å². The second-order valence-corrected chi connectivity index (χ2v) is 7.22. The van der Waals surface area contributed by atoms with Gasteiger partial charge in [0.1, 0.15) is 23.1 Å². The SMILES string of the molecule is CCOc1cccc(N2C(=O)C(=O)/C(=C(/O)c3cc(F)ccc3OC)C2c2ccncc2)c1. The van der Waals surface area contributed by atoms with Crippen molar-refractivity contribution in [3.63, 3.8) is 0 Å². The predicted molar refractivity (Wildman–Crippen MR) is 120 cm³/mol. The van der Waals surface area contributed by atoms with Crippen molar-refractivity contribution >= 4 is 23.1 Å². The van der Waals surface area contributed by atoms with E-state index in [0.29, 0.717) is 23.6 Å². The highest BCUT2D eigenvalue weighted by Crippen LogP contribution is 2.43. The highest BCUT2D eigenvalue weighted by atomic mass is 19.1. The Hall–Kier alpha value is -4.20. The maximum atomic E-state index is 14.0. The fraction of sp³-hybridized carbons (Fsp3) is 0.160. The molecule has 3 aromatic rings. The Labute approximate surface area is 189 Å². The molecular formula is C25H21FN2O5. The fourth-order valence-electron chi connectivity index (χ4n) is 3.86. The van der Waals surface area contributed by atoms with Crippen molar-refractivity contribution in [1.82, 2.24) is 4.98 Å². The first-order valence-electron chi connectivity index (χ1n) is 10.2. The minimum absolute atomic E-state index is 0.0300. The summed E-state index contributed by atoms with van der Waals surface area (Å²) in [6.45, 7) is 2.26. The summed E-state index contributed by atoms with van der Waals surface area (Å²) in [5, 5.41) is 11.2. The number of nitrogens with zero attached hydrogens (tertiary/aromatic N) is 2. The van der Waals surface area contributed by atoms with Crippen molar-refractivity contribution in [1.29, 1.82) is 0 Å². The van der Waals surface area contributed by atoms with Gasteiger partial charge in [0, 0.05) is 24.1 Å². The summed E-state index contributed by atoms with van der Waals surface area (Å²) in [5.74, 6) is -2.21.